The van der Waals surface area contributed by atoms with Gasteiger partial charge < -0.3 is 10.4 Å². The van der Waals surface area contributed by atoms with E-state index in [0.717, 1.165) is 16.9 Å². The van der Waals surface area contributed by atoms with Crippen LogP contribution in [0.4, 0.5) is 5.69 Å². The zero-order chi connectivity index (χ0) is 15.2. The third-order valence-corrected chi connectivity index (χ3v) is 4.78. The number of aliphatic hydroxyl groups is 1. The number of thiophene rings is 1. The van der Waals surface area contributed by atoms with Gasteiger partial charge in [0.1, 0.15) is 0 Å². The summed E-state index contributed by atoms with van der Waals surface area (Å²) in [5.74, 6) is -0.877. The molecule has 0 bridgehead atoms. The fourth-order valence-electron chi connectivity index (χ4n) is 2.42. The molecule has 1 atom stereocenters. The minimum absolute atomic E-state index is 0.299. The highest BCUT2D eigenvalue weighted by atomic mass is 35.5. The Bertz CT molecular complexity index is 755. The molecule has 4 nitrogen and oxygen atoms in total. The number of carbonyl (C=O) groups excluding carboxylic acids is 2. The van der Waals surface area contributed by atoms with E-state index in [1.807, 2.05) is 13.0 Å². The van der Waals surface area contributed by atoms with Crippen molar-refractivity contribution in [3.8, 4) is 0 Å². The molecule has 1 amide bonds. The van der Waals surface area contributed by atoms with Crippen LogP contribution in [0.1, 0.15) is 27.2 Å². The van der Waals surface area contributed by atoms with Crippen molar-refractivity contribution in [1.29, 1.82) is 0 Å². The molecule has 0 fully saturated rings. The zero-order valence-electron chi connectivity index (χ0n) is 11.1. The normalized spacial score (nSPS) is 20.2. The van der Waals surface area contributed by atoms with Crippen LogP contribution < -0.4 is 5.32 Å². The number of nitrogens with one attached hydrogen (secondary N) is 1. The summed E-state index contributed by atoms with van der Waals surface area (Å²) in [5, 5.41) is 13.3. The Balaban J connectivity index is 1.96. The monoisotopic (exact) mass is 321 g/mol. The number of Topliss-reactive ketones (excluding diaryl/α,β-unsaturated/α-hetero) is 1. The maximum Gasteiger partial charge on any atom is 0.261 e. The number of ketones is 1. The van der Waals surface area contributed by atoms with Crippen LogP contribution in [0.15, 0.2) is 30.3 Å². The van der Waals surface area contributed by atoms with Gasteiger partial charge in [0, 0.05) is 11.3 Å². The van der Waals surface area contributed by atoms with Gasteiger partial charge >= 0.3 is 0 Å². The summed E-state index contributed by atoms with van der Waals surface area (Å²) in [4.78, 5) is 24.8. The quantitative estimate of drug-likeness (QED) is 0.854. The number of carbonyl (C=O) groups is 2. The molecule has 1 aliphatic rings. The SMILES string of the molecule is Cc1ccc2c(c1)C(O)(CC(=O)c1ccc(Cl)s1)C(=O)N2. The summed E-state index contributed by atoms with van der Waals surface area (Å²) in [7, 11) is 0. The number of halogens is 1. The van der Waals surface area contributed by atoms with Gasteiger partial charge in [-0.1, -0.05) is 29.3 Å². The fourth-order valence-corrected chi connectivity index (χ4v) is 3.40. The Hall–Kier alpha value is -1.69. The van der Waals surface area contributed by atoms with E-state index in [1.54, 1.807) is 24.3 Å². The maximum atomic E-state index is 12.3. The minimum atomic E-state index is -1.82. The van der Waals surface area contributed by atoms with Crippen LogP contribution in [0.2, 0.25) is 4.34 Å². The molecule has 1 aliphatic heterocycles. The summed E-state index contributed by atoms with van der Waals surface area (Å²) >= 11 is 6.95. The lowest BCUT2D eigenvalue weighted by Gasteiger charge is -2.19. The first-order valence-corrected chi connectivity index (χ1v) is 7.53. The van der Waals surface area contributed by atoms with Crippen LogP contribution in [-0.4, -0.2) is 16.8 Å². The van der Waals surface area contributed by atoms with Gasteiger partial charge in [0.15, 0.2) is 11.4 Å². The standard InChI is InChI=1S/C15H12ClNO3S/c1-8-2-3-10-9(6-8)15(20,14(19)17-10)7-11(18)12-4-5-13(16)21-12/h2-6,20H,7H2,1H3,(H,17,19). The molecule has 3 rings (SSSR count). The van der Waals surface area contributed by atoms with Crippen LogP contribution in [0, 0.1) is 6.92 Å². The van der Waals surface area contributed by atoms with Crippen LogP contribution >= 0.6 is 22.9 Å². The second-order valence-corrected chi connectivity index (χ2v) is 6.78. The lowest BCUT2D eigenvalue weighted by Crippen LogP contribution is -2.36. The van der Waals surface area contributed by atoms with E-state index in [1.165, 1.54) is 0 Å². The highest BCUT2D eigenvalue weighted by Crippen LogP contribution is 2.40. The van der Waals surface area contributed by atoms with E-state index in [0.29, 0.717) is 20.5 Å². The summed E-state index contributed by atoms with van der Waals surface area (Å²) in [5.41, 5.74) is 0.0819. The van der Waals surface area contributed by atoms with Crippen molar-refractivity contribution in [2.45, 2.75) is 18.9 Å². The molecule has 0 radical (unpaired) electrons. The van der Waals surface area contributed by atoms with Gasteiger partial charge in [0.05, 0.1) is 15.6 Å². The van der Waals surface area contributed by atoms with Crippen molar-refractivity contribution in [3.05, 3.63) is 50.7 Å². The van der Waals surface area contributed by atoms with E-state index in [4.69, 9.17) is 11.6 Å². The first-order valence-electron chi connectivity index (χ1n) is 6.33. The first-order chi connectivity index (χ1) is 9.90. The molecule has 108 valence electrons. The Morgan fingerprint density at radius 2 is 2.14 bits per heavy atom. The van der Waals surface area contributed by atoms with E-state index in [-0.39, 0.29) is 12.2 Å². The summed E-state index contributed by atoms with van der Waals surface area (Å²) in [6, 6.07) is 8.51. The molecular weight excluding hydrogens is 310 g/mol. The smallest absolute Gasteiger partial charge is 0.261 e. The first kappa shape index (κ1) is 14.3. The number of aryl methyl sites for hydroxylation is 1. The number of fused-ring (bicyclic) bond motifs is 1. The van der Waals surface area contributed by atoms with Crippen LogP contribution in [-0.2, 0) is 10.4 Å². The van der Waals surface area contributed by atoms with E-state index >= 15 is 0 Å². The number of hydrogen-bond acceptors (Lipinski definition) is 4. The maximum absolute atomic E-state index is 12.3. The number of rotatable bonds is 3. The van der Waals surface area contributed by atoms with Crippen LogP contribution in [0.25, 0.3) is 0 Å². The third kappa shape index (κ3) is 2.37. The predicted octanol–water partition coefficient (Wildman–Crippen LogP) is 3.12. The second-order valence-electron chi connectivity index (χ2n) is 5.07. The van der Waals surface area contributed by atoms with Crippen molar-refractivity contribution in [2.75, 3.05) is 5.32 Å². The minimum Gasteiger partial charge on any atom is -0.375 e. The summed E-state index contributed by atoms with van der Waals surface area (Å²) < 4.78 is 0.498. The van der Waals surface area contributed by atoms with Gasteiger partial charge in [-0.05, 0) is 25.1 Å². The lowest BCUT2D eigenvalue weighted by atomic mass is 9.89. The molecule has 2 heterocycles. The van der Waals surface area contributed by atoms with E-state index < -0.39 is 11.5 Å². The molecule has 1 unspecified atom stereocenters. The molecule has 0 aliphatic carbocycles. The molecular formula is C15H12ClNO3S. The van der Waals surface area contributed by atoms with Crippen molar-refractivity contribution < 1.29 is 14.7 Å². The van der Waals surface area contributed by atoms with Gasteiger partial charge in [-0.25, -0.2) is 0 Å². The predicted molar refractivity (Wildman–Crippen MR) is 82.0 cm³/mol. The molecule has 0 saturated carbocycles. The van der Waals surface area contributed by atoms with Crippen molar-refractivity contribution >= 4 is 40.3 Å². The average Bonchev–Trinajstić information content (AvgIpc) is 2.95. The highest BCUT2D eigenvalue weighted by Gasteiger charge is 2.46. The third-order valence-electron chi connectivity index (χ3n) is 3.51. The van der Waals surface area contributed by atoms with Gasteiger partial charge in [-0.2, -0.15) is 0 Å². The largest absolute Gasteiger partial charge is 0.375 e. The lowest BCUT2D eigenvalue weighted by molar-refractivity contribution is -0.133. The fraction of sp³-hybridized carbons (Fsp3) is 0.200. The number of benzene rings is 1. The van der Waals surface area contributed by atoms with Crippen LogP contribution in [0.3, 0.4) is 0 Å². The van der Waals surface area contributed by atoms with E-state index in [9.17, 15) is 14.7 Å². The van der Waals surface area contributed by atoms with Gasteiger partial charge in [-0.3, -0.25) is 9.59 Å². The topological polar surface area (TPSA) is 66.4 Å². The Kier molecular flexibility index (Phi) is 3.36. The molecule has 1 aromatic heterocycles. The Labute approximate surface area is 130 Å². The molecule has 6 heteroatoms. The molecule has 21 heavy (non-hydrogen) atoms. The molecule has 2 aromatic rings. The number of amides is 1. The summed E-state index contributed by atoms with van der Waals surface area (Å²) in [6.45, 7) is 1.87. The van der Waals surface area contributed by atoms with E-state index in [2.05, 4.69) is 5.32 Å². The molecule has 1 aromatic carbocycles. The summed E-state index contributed by atoms with van der Waals surface area (Å²) in [6.07, 6.45) is -0.299. The van der Waals surface area contributed by atoms with Crippen molar-refractivity contribution in [1.82, 2.24) is 0 Å². The Morgan fingerprint density at radius 3 is 2.81 bits per heavy atom. The van der Waals surface area contributed by atoms with Crippen LogP contribution in [0.5, 0.6) is 0 Å². The van der Waals surface area contributed by atoms with Gasteiger partial charge in [0.2, 0.25) is 0 Å². The molecule has 0 saturated heterocycles. The zero-order valence-corrected chi connectivity index (χ0v) is 12.7. The second kappa shape index (κ2) is 4.94. The Morgan fingerprint density at radius 1 is 1.38 bits per heavy atom. The van der Waals surface area contributed by atoms with Crippen molar-refractivity contribution in [2.24, 2.45) is 0 Å². The number of anilines is 1. The van der Waals surface area contributed by atoms with Gasteiger partial charge in [-0.15, -0.1) is 11.3 Å². The van der Waals surface area contributed by atoms with Crippen molar-refractivity contribution in [3.63, 3.8) is 0 Å². The van der Waals surface area contributed by atoms with Gasteiger partial charge in [0.25, 0.3) is 5.91 Å². The molecule has 2 N–H and O–H groups in total. The average molecular weight is 322 g/mol. The molecule has 0 spiro atoms. The number of hydrogen-bond donors (Lipinski definition) is 2. The highest BCUT2D eigenvalue weighted by molar-refractivity contribution is 7.18.